The van der Waals surface area contributed by atoms with Gasteiger partial charge in [0, 0.05) is 4.88 Å². The Kier molecular flexibility index (Phi) is 5.23. The fourth-order valence-electron chi connectivity index (χ4n) is 3.18. The molecule has 26 heavy (non-hydrogen) atoms. The number of fused-ring (bicyclic) bond motifs is 1. The minimum absolute atomic E-state index is 0.125. The van der Waals surface area contributed by atoms with Crippen LogP contribution in [0.25, 0.3) is 0 Å². The minimum atomic E-state index is -0.864. The smallest absolute Gasteiger partial charge is 0.262 e. The van der Waals surface area contributed by atoms with Crippen molar-refractivity contribution < 1.29 is 14.4 Å². The molecule has 1 aromatic carbocycles. The van der Waals surface area contributed by atoms with Crippen molar-refractivity contribution in [1.82, 2.24) is 10.2 Å². The molecule has 1 aliphatic rings. The molecule has 2 atom stereocenters. The lowest BCUT2D eigenvalue weighted by Crippen LogP contribution is -2.48. The van der Waals surface area contributed by atoms with E-state index in [0.29, 0.717) is 17.0 Å². The second kappa shape index (κ2) is 7.41. The predicted octanol–water partition coefficient (Wildman–Crippen LogP) is 3.64. The number of carbonyl (C=O) groups is 3. The lowest BCUT2D eigenvalue weighted by Gasteiger charge is -2.25. The highest BCUT2D eigenvalue weighted by Crippen LogP contribution is 2.27. The molecule has 0 fully saturated rings. The SMILES string of the molecule is CC(C)C[C@@H](NC(=O)[C@H](C)N1C(=O)c2ccccc2C1=O)c1cccs1. The molecule has 0 saturated carbocycles. The van der Waals surface area contributed by atoms with Crippen molar-refractivity contribution in [3.05, 3.63) is 57.8 Å². The molecule has 136 valence electrons. The van der Waals surface area contributed by atoms with Crippen LogP contribution in [0.4, 0.5) is 0 Å². The maximum atomic E-state index is 12.8. The minimum Gasteiger partial charge on any atom is -0.347 e. The van der Waals surface area contributed by atoms with Crippen molar-refractivity contribution in [1.29, 1.82) is 0 Å². The summed E-state index contributed by atoms with van der Waals surface area (Å²) < 4.78 is 0. The van der Waals surface area contributed by atoms with Gasteiger partial charge in [-0.1, -0.05) is 32.0 Å². The average Bonchev–Trinajstić information content (AvgIpc) is 3.22. The second-order valence-electron chi connectivity index (χ2n) is 6.91. The molecule has 2 aromatic rings. The second-order valence-corrected chi connectivity index (χ2v) is 7.89. The molecule has 2 heterocycles. The topological polar surface area (TPSA) is 66.5 Å². The molecule has 3 amide bonds. The van der Waals surface area contributed by atoms with Crippen LogP contribution in [0.2, 0.25) is 0 Å². The van der Waals surface area contributed by atoms with Gasteiger partial charge in [-0.2, -0.15) is 0 Å². The maximum Gasteiger partial charge on any atom is 0.262 e. The van der Waals surface area contributed by atoms with Crippen molar-refractivity contribution >= 4 is 29.1 Å². The summed E-state index contributed by atoms with van der Waals surface area (Å²) in [6.07, 6.45) is 0.793. The molecule has 1 aromatic heterocycles. The quantitative estimate of drug-likeness (QED) is 0.790. The van der Waals surface area contributed by atoms with Crippen molar-refractivity contribution in [2.75, 3.05) is 0 Å². The number of carbonyl (C=O) groups excluding carboxylic acids is 3. The standard InChI is InChI=1S/C20H22N2O3S/c1-12(2)11-16(17-9-6-10-26-17)21-18(23)13(3)22-19(24)14-7-4-5-8-15(14)20(22)25/h4-10,12-13,16H,11H2,1-3H3,(H,21,23)/t13-,16+/m0/s1. The van der Waals surface area contributed by atoms with Gasteiger partial charge in [-0.3, -0.25) is 19.3 Å². The van der Waals surface area contributed by atoms with E-state index in [-0.39, 0.29) is 11.9 Å². The van der Waals surface area contributed by atoms with E-state index in [1.165, 1.54) is 0 Å². The van der Waals surface area contributed by atoms with Crippen LogP contribution < -0.4 is 5.32 Å². The first kappa shape index (κ1) is 18.3. The third-order valence-electron chi connectivity index (χ3n) is 4.50. The molecule has 6 heteroatoms. The molecule has 0 radical (unpaired) electrons. The number of hydrogen-bond donors (Lipinski definition) is 1. The first-order valence-corrected chi connectivity index (χ1v) is 9.58. The highest BCUT2D eigenvalue weighted by atomic mass is 32.1. The van der Waals surface area contributed by atoms with E-state index >= 15 is 0 Å². The Morgan fingerprint density at radius 2 is 1.65 bits per heavy atom. The molecule has 1 N–H and O–H groups in total. The number of imide groups is 1. The average molecular weight is 370 g/mol. The summed E-state index contributed by atoms with van der Waals surface area (Å²) in [7, 11) is 0. The zero-order chi connectivity index (χ0) is 18.8. The summed E-state index contributed by atoms with van der Waals surface area (Å²) in [4.78, 5) is 40.1. The van der Waals surface area contributed by atoms with E-state index < -0.39 is 17.9 Å². The molecule has 0 saturated heterocycles. The molecule has 0 bridgehead atoms. The Morgan fingerprint density at radius 1 is 1.04 bits per heavy atom. The Labute approximate surface area is 157 Å². The van der Waals surface area contributed by atoms with Gasteiger partial charge in [-0.15, -0.1) is 11.3 Å². The summed E-state index contributed by atoms with van der Waals surface area (Å²) in [5.41, 5.74) is 0.711. The van der Waals surface area contributed by atoms with Gasteiger partial charge >= 0.3 is 0 Å². The van der Waals surface area contributed by atoms with E-state index in [0.717, 1.165) is 16.2 Å². The molecule has 0 spiro atoms. The third-order valence-corrected chi connectivity index (χ3v) is 5.49. The number of amides is 3. The zero-order valence-electron chi connectivity index (χ0n) is 15.1. The highest BCUT2D eigenvalue weighted by molar-refractivity contribution is 7.10. The Bertz CT molecular complexity index is 794. The number of nitrogens with one attached hydrogen (secondary N) is 1. The van der Waals surface area contributed by atoms with Gasteiger partial charge in [-0.25, -0.2) is 0 Å². The summed E-state index contributed by atoms with van der Waals surface area (Å²) >= 11 is 1.59. The predicted molar refractivity (Wildman–Crippen MR) is 101 cm³/mol. The van der Waals surface area contributed by atoms with E-state index in [2.05, 4.69) is 19.2 Å². The summed E-state index contributed by atoms with van der Waals surface area (Å²) in [5, 5.41) is 5.00. The van der Waals surface area contributed by atoms with Crippen LogP contribution in [0.1, 0.15) is 58.8 Å². The molecule has 0 aliphatic carbocycles. The summed E-state index contributed by atoms with van der Waals surface area (Å²) in [5.74, 6) is -0.745. The Hall–Kier alpha value is -2.47. The number of nitrogens with zero attached hydrogens (tertiary/aromatic N) is 1. The fraction of sp³-hybridized carbons (Fsp3) is 0.350. The van der Waals surface area contributed by atoms with E-state index in [1.807, 2.05) is 17.5 Å². The number of hydrogen-bond acceptors (Lipinski definition) is 4. The van der Waals surface area contributed by atoms with Crippen LogP contribution >= 0.6 is 11.3 Å². The van der Waals surface area contributed by atoms with Gasteiger partial charge in [0.2, 0.25) is 5.91 Å². The van der Waals surface area contributed by atoms with Gasteiger partial charge in [0.05, 0.1) is 17.2 Å². The maximum absolute atomic E-state index is 12.8. The fourth-order valence-corrected chi connectivity index (χ4v) is 3.97. The zero-order valence-corrected chi connectivity index (χ0v) is 15.9. The van der Waals surface area contributed by atoms with Crippen LogP contribution in [0.15, 0.2) is 41.8 Å². The van der Waals surface area contributed by atoms with Crippen LogP contribution in [-0.2, 0) is 4.79 Å². The molecule has 3 rings (SSSR count). The lowest BCUT2D eigenvalue weighted by molar-refractivity contribution is -0.125. The normalized spacial score (nSPS) is 15.9. The molecular formula is C20H22N2O3S. The van der Waals surface area contributed by atoms with Gasteiger partial charge in [0.15, 0.2) is 0 Å². The number of benzene rings is 1. The van der Waals surface area contributed by atoms with Crippen molar-refractivity contribution in [2.45, 2.75) is 39.3 Å². The number of thiophene rings is 1. The summed E-state index contributed by atoms with van der Waals surface area (Å²) in [6.45, 7) is 5.79. The van der Waals surface area contributed by atoms with Gasteiger partial charge < -0.3 is 5.32 Å². The monoisotopic (exact) mass is 370 g/mol. The lowest BCUT2D eigenvalue weighted by atomic mass is 10.0. The largest absolute Gasteiger partial charge is 0.347 e. The number of rotatable bonds is 6. The van der Waals surface area contributed by atoms with Gasteiger partial charge in [0.1, 0.15) is 6.04 Å². The van der Waals surface area contributed by atoms with Crippen LogP contribution in [0, 0.1) is 5.92 Å². The van der Waals surface area contributed by atoms with Gasteiger partial charge in [-0.05, 0) is 42.8 Å². The van der Waals surface area contributed by atoms with Crippen molar-refractivity contribution in [3.63, 3.8) is 0 Å². The van der Waals surface area contributed by atoms with Crippen LogP contribution in [-0.4, -0.2) is 28.7 Å². The van der Waals surface area contributed by atoms with E-state index in [1.54, 1.807) is 42.5 Å². The Balaban J connectivity index is 1.77. The first-order chi connectivity index (χ1) is 12.4. The van der Waals surface area contributed by atoms with Gasteiger partial charge in [0.25, 0.3) is 11.8 Å². The molecule has 0 unspecified atom stereocenters. The molecular weight excluding hydrogens is 348 g/mol. The van der Waals surface area contributed by atoms with Crippen molar-refractivity contribution in [2.24, 2.45) is 5.92 Å². The van der Waals surface area contributed by atoms with E-state index in [4.69, 9.17) is 0 Å². The van der Waals surface area contributed by atoms with Crippen LogP contribution in [0.3, 0.4) is 0 Å². The van der Waals surface area contributed by atoms with E-state index in [9.17, 15) is 14.4 Å². The van der Waals surface area contributed by atoms with Crippen molar-refractivity contribution in [3.8, 4) is 0 Å². The molecule has 1 aliphatic heterocycles. The summed E-state index contributed by atoms with van der Waals surface area (Å²) in [6, 6.07) is 9.62. The van der Waals surface area contributed by atoms with Crippen LogP contribution in [0.5, 0.6) is 0 Å². The Morgan fingerprint density at radius 3 is 2.15 bits per heavy atom. The highest BCUT2D eigenvalue weighted by Gasteiger charge is 2.41. The third kappa shape index (κ3) is 3.42. The molecule has 5 nitrogen and oxygen atoms in total. The first-order valence-electron chi connectivity index (χ1n) is 8.70.